The van der Waals surface area contributed by atoms with Crippen molar-refractivity contribution in [3.63, 3.8) is 0 Å². The number of likely N-dealkylation sites (tertiary alicyclic amines) is 1. The summed E-state index contributed by atoms with van der Waals surface area (Å²) < 4.78 is 13.0. The van der Waals surface area contributed by atoms with Crippen LogP contribution >= 0.6 is 0 Å². The zero-order valence-electron chi connectivity index (χ0n) is 13.8. The first-order valence-corrected chi connectivity index (χ1v) is 8.34. The number of carbonyl (C=O) groups excluding carboxylic acids is 2. The molecular weight excluding hydrogens is 321 g/mol. The number of piperidine rings is 1. The van der Waals surface area contributed by atoms with E-state index in [1.807, 2.05) is 4.90 Å². The van der Waals surface area contributed by atoms with E-state index >= 15 is 0 Å². The van der Waals surface area contributed by atoms with Crippen LogP contribution < -0.4 is 5.32 Å². The van der Waals surface area contributed by atoms with Gasteiger partial charge in [-0.15, -0.1) is 0 Å². The topological polar surface area (TPSA) is 62.3 Å². The van der Waals surface area contributed by atoms with Crippen LogP contribution in [0.1, 0.15) is 23.2 Å². The fraction of sp³-hybridized carbons (Fsp3) is 0.316. The summed E-state index contributed by atoms with van der Waals surface area (Å²) >= 11 is 0. The standard InChI is InChI=1S/C19H20FN3O2/c20-16-7-5-14(6-8-16)19(25)15-3-2-10-23(12-15)13-18(24)22-17-4-1-9-21-11-17/h1,4-9,11,15H,2-3,10,12-13H2,(H,22,24). The predicted molar refractivity (Wildman–Crippen MR) is 92.8 cm³/mol. The van der Waals surface area contributed by atoms with Gasteiger partial charge in [0.15, 0.2) is 5.78 Å². The number of pyridine rings is 1. The van der Waals surface area contributed by atoms with E-state index in [0.717, 1.165) is 19.4 Å². The quantitative estimate of drug-likeness (QED) is 0.850. The van der Waals surface area contributed by atoms with E-state index in [2.05, 4.69) is 10.3 Å². The Kier molecular flexibility index (Phi) is 5.50. The van der Waals surface area contributed by atoms with Gasteiger partial charge in [0.05, 0.1) is 18.4 Å². The Morgan fingerprint density at radius 3 is 2.76 bits per heavy atom. The second-order valence-electron chi connectivity index (χ2n) is 6.24. The highest BCUT2D eigenvalue weighted by Gasteiger charge is 2.27. The number of carbonyl (C=O) groups is 2. The lowest BCUT2D eigenvalue weighted by molar-refractivity contribution is -0.117. The summed E-state index contributed by atoms with van der Waals surface area (Å²) in [5.74, 6) is -0.625. The van der Waals surface area contributed by atoms with Crippen LogP contribution in [0.3, 0.4) is 0 Å². The maximum atomic E-state index is 13.0. The van der Waals surface area contributed by atoms with Crippen molar-refractivity contribution in [2.45, 2.75) is 12.8 Å². The Morgan fingerprint density at radius 1 is 1.24 bits per heavy atom. The minimum atomic E-state index is -0.353. The fourth-order valence-electron chi connectivity index (χ4n) is 3.10. The highest BCUT2D eigenvalue weighted by atomic mass is 19.1. The van der Waals surface area contributed by atoms with Crippen LogP contribution in [-0.4, -0.2) is 41.2 Å². The Morgan fingerprint density at radius 2 is 2.04 bits per heavy atom. The van der Waals surface area contributed by atoms with Crippen molar-refractivity contribution in [3.8, 4) is 0 Å². The van der Waals surface area contributed by atoms with E-state index in [1.165, 1.54) is 24.3 Å². The summed E-state index contributed by atoms with van der Waals surface area (Å²) in [5.41, 5.74) is 1.18. The number of aromatic nitrogens is 1. The molecule has 0 spiro atoms. The van der Waals surface area contributed by atoms with Crippen LogP contribution in [-0.2, 0) is 4.79 Å². The van der Waals surface area contributed by atoms with Gasteiger partial charge in [0.25, 0.3) is 0 Å². The molecule has 3 rings (SSSR count). The second-order valence-corrected chi connectivity index (χ2v) is 6.24. The lowest BCUT2D eigenvalue weighted by Crippen LogP contribution is -2.42. The van der Waals surface area contributed by atoms with E-state index in [1.54, 1.807) is 24.5 Å². The maximum absolute atomic E-state index is 13.0. The Balaban J connectivity index is 1.56. The summed E-state index contributed by atoms with van der Waals surface area (Å²) in [6.07, 6.45) is 4.88. The number of amides is 1. The van der Waals surface area contributed by atoms with Crippen LogP contribution in [0.15, 0.2) is 48.8 Å². The van der Waals surface area contributed by atoms with Gasteiger partial charge in [-0.2, -0.15) is 0 Å². The molecule has 1 aliphatic heterocycles. The molecular formula is C19H20FN3O2. The van der Waals surface area contributed by atoms with Gasteiger partial charge in [-0.25, -0.2) is 4.39 Å². The van der Waals surface area contributed by atoms with Crippen LogP contribution in [0, 0.1) is 11.7 Å². The Bertz CT molecular complexity index is 734. The van der Waals surface area contributed by atoms with Crippen molar-refractivity contribution in [1.29, 1.82) is 0 Å². The molecule has 1 N–H and O–H groups in total. The fourth-order valence-corrected chi connectivity index (χ4v) is 3.10. The van der Waals surface area contributed by atoms with Gasteiger partial charge < -0.3 is 5.32 Å². The van der Waals surface area contributed by atoms with Gasteiger partial charge in [-0.05, 0) is 55.8 Å². The number of anilines is 1. The third kappa shape index (κ3) is 4.70. The van der Waals surface area contributed by atoms with Gasteiger partial charge in [-0.3, -0.25) is 19.5 Å². The first-order chi connectivity index (χ1) is 12.1. The van der Waals surface area contributed by atoms with Gasteiger partial charge in [-0.1, -0.05) is 0 Å². The minimum absolute atomic E-state index is 0.0115. The van der Waals surface area contributed by atoms with Crippen molar-refractivity contribution in [2.24, 2.45) is 5.92 Å². The number of Topliss-reactive ketones (excluding diaryl/α,β-unsaturated/α-hetero) is 1. The normalized spacial score (nSPS) is 17.9. The van der Waals surface area contributed by atoms with Crippen LogP contribution in [0.25, 0.3) is 0 Å². The molecule has 1 amide bonds. The molecule has 0 radical (unpaired) electrons. The van der Waals surface area contributed by atoms with Crippen molar-refractivity contribution < 1.29 is 14.0 Å². The summed E-state index contributed by atoms with van der Waals surface area (Å²) in [4.78, 5) is 30.7. The third-order valence-electron chi connectivity index (χ3n) is 4.32. The molecule has 130 valence electrons. The maximum Gasteiger partial charge on any atom is 0.238 e. The number of rotatable bonds is 5. The van der Waals surface area contributed by atoms with Crippen LogP contribution in [0.2, 0.25) is 0 Å². The van der Waals surface area contributed by atoms with Crippen LogP contribution in [0.4, 0.5) is 10.1 Å². The predicted octanol–water partition coefficient (Wildman–Crippen LogP) is 2.75. The molecule has 0 aliphatic carbocycles. The van der Waals surface area contributed by atoms with Gasteiger partial charge in [0.2, 0.25) is 5.91 Å². The van der Waals surface area contributed by atoms with E-state index in [0.29, 0.717) is 17.8 Å². The molecule has 1 atom stereocenters. The molecule has 1 unspecified atom stereocenters. The number of halogens is 1. The molecule has 5 nitrogen and oxygen atoms in total. The number of ketones is 1. The minimum Gasteiger partial charge on any atom is -0.324 e. The molecule has 1 aliphatic rings. The average molecular weight is 341 g/mol. The monoisotopic (exact) mass is 341 g/mol. The van der Waals surface area contributed by atoms with E-state index in [4.69, 9.17) is 0 Å². The molecule has 2 heterocycles. The molecule has 1 aromatic heterocycles. The number of benzene rings is 1. The summed E-state index contributed by atoms with van der Waals surface area (Å²) in [6.45, 7) is 1.56. The first kappa shape index (κ1) is 17.2. The van der Waals surface area contributed by atoms with Crippen molar-refractivity contribution >= 4 is 17.4 Å². The number of hydrogen-bond donors (Lipinski definition) is 1. The van der Waals surface area contributed by atoms with Crippen LogP contribution in [0.5, 0.6) is 0 Å². The smallest absolute Gasteiger partial charge is 0.238 e. The summed E-state index contributed by atoms with van der Waals surface area (Å²) in [6, 6.07) is 9.18. The van der Waals surface area contributed by atoms with Crippen molar-refractivity contribution in [2.75, 3.05) is 25.0 Å². The Hall–Kier alpha value is -2.60. The molecule has 1 saturated heterocycles. The third-order valence-corrected chi connectivity index (χ3v) is 4.32. The van der Waals surface area contributed by atoms with Crippen molar-refractivity contribution in [1.82, 2.24) is 9.88 Å². The number of nitrogens with zero attached hydrogens (tertiary/aromatic N) is 2. The van der Waals surface area contributed by atoms with E-state index in [9.17, 15) is 14.0 Å². The SMILES string of the molecule is O=C(CN1CCCC(C(=O)c2ccc(F)cc2)C1)Nc1cccnc1. The molecule has 0 saturated carbocycles. The number of nitrogens with one attached hydrogen (secondary N) is 1. The lowest BCUT2D eigenvalue weighted by atomic mass is 9.90. The number of hydrogen-bond acceptors (Lipinski definition) is 4. The van der Waals surface area contributed by atoms with Gasteiger partial charge in [0, 0.05) is 24.2 Å². The molecule has 25 heavy (non-hydrogen) atoms. The zero-order valence-corrected chi connectivity index (χ0v) is 13.8. The summed E-state index contributed by atoms with van der Waals surface area (Å²) in [7, 11) is 0. The molecule has 1 fully saturated rings. The lowest BCUT2D eigenvalue weighted by Gasteiger charge is -2.31. The second kappa shape index (κ2) is 7.98. The molecule has 0 bridgehead atoms. The highest BCUT2D eigenvalue weighted by Crippen LogP contribution is 2.21. The van der Waals surface area contributed by atoms with Gasteiger partial charge >= 0.3 is 0 Å². The molecule has 1 aromatic carbocycles. The van der Waals surface area contributed by atoms with Crippen molar-refractivity contribution in [3.05, 3.63) is 60.2 Å². The summed E-state index contributed by atoms with van der Waals surface area (Å²) in [5, 5.41) is 2.80. The largest absolute Gasteiger partial charge is 0.324 e. The molecule has 2 aromatic rings. The van der Waals surface area contributed by atoms with Gasteiger partial charge in [0.1, 0.15) is 5.82 Å². The zero-order chi connectivity index (χ0) is 17.6. The first-order valence-electron chi connectivity index (χ1n) is 8.34. The van der Waals surface area contributed by atoms with E-state index in [-0.39, 0.29) is 30.0 Å². The Labute approximate surface area is 145 Å². The highest BCUT2D eigenvalue weighted by molar-refractivity contribution is 5.98. The van der Waals surface area contributed by atoms with E-state index < -0.39 is 0 Å². The average Bonchev–Trinajstić information content (AvgIpc) is 2.63. The molecule has 6 heteroatoms.